The first-order valence-electron chi connectivity index (χ1n) is 13.2. The summed E-state index contributed by atoms with van der Waals surface area (Å²) < 4.78 is 21.6. The van der Waals surface area contributed by atoms with Gasteiger partial charge in [-0.05, 0) is 31.0 Å². The van der Waals surface area contributed by atoms with Crippen LogP contribution in [-0.2, 0) is 16.1 Å². The molecule has 2 rings (SSSR count). The van der Waals surface area contributed by atoms with E-state index in [1.54, 1.807) is 6.92 Å². The Bertz CT molecular complexity index is 915. The van der Waals surface area contributed by atoms with Crippen LogP contribution in [0.2, 0.25) is 0 Å². The first kappa shape index (κ1) is 29.0. The maximum absolute atomic E-state index is 12.8. The predicted octanol–water partition coefficient (Wildman–Crippen LogP) is 7.46. The molecule has 0 radical (unpaired) electrons. The third-order valence-electron chi connectivity index (χ3n) is 5.77. The van der Waals surface area contributed by atoms with E-state index in [0.29, 0.717) is 0 Å². The molecule has 0 aromatic heterocycles. The average Bonchev–Trinajstić information content (AvgIpc) is 2.88. The van der Waals surface area contributed by atoms with Crippen LogP contribution in [0, 0.1) is 0 Å². The summed E-state index contributed by atoms with van der Waals surface area (Å²) in [5.41, 5.74) is 7.14. The number of rotatable bonds is 17. The molecule has 198 valence electrons. The Balaban J connectivity index is 1.85. The van der Waals surface area contributed by atoms with Crippen molar-refractivity contribution < 1.29 is 28.5 Å². The van der Waals surface area contributed by atoms with Gasteiger partial charge in [-0.15, -0.1) is 0 Å². The Morgan fingerprint density at radius 2 is 1.39 bits per heavy atom. The van der Waals surface area contributed by atoms with Crippen molar-refractivity contribution in [3.8, 4) is 11.5 Å². The monoisotopic (exact) mass is 499 g/mol. The Kier molecular flexibility index (Phi) is 13.9. The fourth-order valence-corrected chi connectivity index (χ4v) is 3.79. The second kappa shape index (κ2) is 17.2. The molecule has 0 unspecified atom stereocenters. The second-order valence-corrected chi connectivity index (χ2v) is 8.74. The van der Waals surface area contributed by atoms with E-state index in [1.807, 2.05) is 30.3 Å². The molecule has 0 atom stereocenters. The first-order chi connectivity index (χ1) is 17.6. The van der Waals surface area contributed by atoms with Crippen molar-refractivity contribution in [3.63, 3.8) is 0 Å². The van der Waals surface area contributed by atoms with E-state index in [9.17, 15) is 9.59 Å². The van der Waals surface area contributed by atoms with Crippen LogP contribution in [-0.4, -0.2) is 25.3 Å². The molecule has 2 aromatic carbocycles. The molecule has 0 aliphatic rings. The van der Waals surface area contributed by atoms with E-state index in [1.165, 1.54) is 57.1 Å². The summed E-state index contributed by atoms with van der Waals surface area (Å²) in [5.74, 6) is -0.636. The largest absolute Gasteiger partial charge is 0.514 e. The van der Waals surface area contributed by atoms with Crippen molar-refractivity contribution in [1.29, 1.82) is 0 Å². The Morgan fingerprint density at radius 1 is 0.750 bits per heavy atom. The molecule has 36 heavy (non-hydrogen) atoms. The summed E-state index contributed by atoms with van der Waals surface area (Å²) in [6, 6.07) is 12.3. The highest BCUT2D eigenvalue weighted by Gasteiger charge is 2.24. The third-order valence-corrected chi connectivity index (χ3v) is 5.77. The summed E-state index contributed by atoms with van der Waals surface area (Å²) >= 11 is 0. The maximum atomic E-state index is 12.8. The molecular formula is C29H41NO6. The van der Waals surface area contributed by atoms with Gasteiger partial charge in [0.2, 0.25) is 0 Å². The first-order valence-corrected chi connectivity index (χ1v) is 13.2. The summed E-state index contributed by atoms with van der Waals surface area (Å²) in [4.78, 5) is 25.2. The van der Waals surface area contributed by atoms with Crippen molar-refractivity contribution >= 4 is 17.8 Å². The van der Waals surface area contributed by atoms with E-state index >= 15 is 0 Å². The maximum Gasteiger partial charge on any atom is 0.514 e. The van der Waals surface area contributed by atoms with E-state index < -0.39 is 12.1 Å². The van der Waals surface area contributed by atoms with Gasteiger partial charge in [0, 0.05) is 0 Å². The number of carbonyl (C=O) groups is 2. The summed E-state index contributed by atoms with van der Waals surface area (Å²) in [6.07, 6.45) is 10.9. The molecule has 0 heterocycles. The molecular weight excluding hydrogens is 458 g/mol. The van der Waals surface area contributed by atoms with Gasteiger partial charge < -0.3 is 24.7 Å². The molecule has 0 aliphatic heterocycles. The van der Waals surface area contributed by atoms with E-state index in [-0.39, 0.29) is 42.6 Å². The molecule has 2 N–H and O–H groups in total. The number of nitrogen functional groups attached to an aromatic ring is 1. The predicted molar refractivity (Wildman–Crippen MR) is 141 cm³/mol. The lowest BCUT2D eigenvalue weighted by Gasteiger charge is -2.16. The molecule has 0 fully saturated rings. The van der Waals surface area contributed by atoms with Crippen LogP contribution in [0.5, 0.6) is 11.5 Å². The van der Waals surface area contributed by atoms with Crippen molar-refractivity contribution in [3.05, 3.63) is 53.6 Å². The highest BCUT2D eigenvalue weighted by Crippen LogP contribution is 2.38. The van der Waals surface area contributed by atoms with Crippen molar-refractivity contribution in [2.75, 3.05) is 18.9 Å². The van der Waals surface area contributed by atoms with Gasteiger partial charge in [-0.2, -0.15) is 0 Å². The fourth-order valence-electron chi connectivity index (χ4n) is 3.79. The smallest absolute Gasteiger partial charge is 0.488 e. The Hall–Kier alpha value is -3.22. The van der Waals surface area contributed by atoms with Crippen molar-refractivity contribution in [2.24, 2.45) is 0 Å². The van der Waals surface area contributed by atoms with Crippen LogP contribution in [0.15, 0.2) is 42.5 Å². The number of nitrogens with two attached hydrogens (primary N) is 1. The van der Waals surface area contributed by atoms with Gasteiger partial charge >= 0.3 is 12.1 Å². The SMILES string of the molecule is CCCCCCCCCCCCOC(=O)Oc1c(C(=O)OCc2ccccc2)ccc(N)c1OCC. The summed E-state index contributed by atoms with van der Waals surface area (Å²) in [7, 11) is 0. The lowest BCUT2D eigenvalue weighted by Crippen LogP contribution is -2.16. The molecule has 0 bridgehead atoms. The topological polar surface area (TPSA) is 97.1 Å². The van der Waals surface area contributed by atoms with Crippen molar-refractivity contribution in [2.45, 2.75) is 84.7 Å². The van der Waals surface area contributed by atoms with Crippen LogP contribution in [0.25, 0.3) is 0 Å². The van der Waals surface area contributed by atoms with Crippen molar-refractivity contribution in [1.82, 2.24) is 0 Å². The van der Waals surface area contributed by atoms with Gasteiger partial charge in [-0.25, -0.2) is 9.59 Å². The Morgan fingerprint density at radius 3 is 2.03 bits per heavy atom. The number of anilines is 1. The van der Waals surface area contributed by atoms with Gasteiger partial charge in [0.1, 0.15) is 12.2 Å². The molecule has 2 aromatic rings. The van der Waals surface area contributed by atoms with E-state index in [0.717, 1.165) is 24.8 Å². The highest BCUT2D eigenvalue weighted by atomic mass is 16.7. The zero-order valence-corrected chi connectivity index (χ0v) is 21.8. The van der Waals surface area contributed by atoms with Crippen LogP contribution in [0.4, 0.5) is 10.5 Å². The summed E-state index contributed by atoms with van der Waals surface area (Å²) in [6.45, 7) is 4.60. The number of benzene rings is 2. The van der Waals surface area contributed by atoms with Gasteiger partial charge in [0.05, 0.1) is 18.9 Å². The lowest BCUT2D eigenvalue weighted by molar-refractivity contribution is 0.0466. The molecule has 0 saturated heterocycles. The molecule has 0 amide bonds. The second-order valence-electron chi connectivity index (χ2n) is 8.74. The third kappa shape index (κ3) is 10.6. The van der Waals surface area contributed by atoms with Gasteiger partial charge in [0.25, 0.3) is 0 Å². The average molecular weight is 500 g/mol. The van der Waals surface area contributed by atoms with Gasteiger partial charge in [0.15, 0.2) is 11.5 Å². The quantitative estimate of drug-likeness (QED) is 0.104. The van der Waals surface area contributed by atoms with Crippen LogP contribution in [0.1, 0.15) is 94.0 Å². The normalized spacial score (nSPS) is 10.6. The molecule has 0 aliphatic carbocycles. The molecule has 7 heteroatoms. The molecule has 0 saturated carbocycles. The van der Waals surface area contributed by atoms with Gasteiger partial charge in [-0.3, -0.25) is 0 Å². The minimum atomic E-state index is -0.908. The number of ether oxygens (including phenoxy) is 4. The van der Waals surface area contributed by atoms with E-state index in [4.69, 9.17) is 24.7 Å². The van der Waals surface area contributed by atoms with Crippen LogP contribution >= 0.6 is 0 Å². The molecule has 0 spiro atoms. The highest BCUT2D eigenvalue weighted by molar-refractivity contribution is 5.95. The zero-order chi connectivity index (χ0) is 26.0. The minimum Gasteiger partial charge on any atom is -0.488 e. The lowest BCUT2D eigenvalue weighted by atomic mass is 10.1. The Labute approximate surface area is 215 Å². The zero-order valence-electron chi connectivity index (χ0n) is 21.8. The minimum absolute atomic E-state index is 0.0412. The number of hydrogen-bond donors (Lipinski definition) is 1. The number of unbranched alkanes of at least 4 members (excludes halogenated alkanes) is 9. The summed E-state index contributed by atoms with van der Waals surface area (Å²) in [5, 5.41) is 0. The molecule has 7 nitrogen and oxygen atoms in total. The van der Waals surface area contributed by atoms with Crippen LogP contribution in [0.3, 0.4) is 0 Å². The standard InChI is InChI=1S/C29H41NO6/c1-3-5-6-7-8-9-10-11-12-16-21-34-29(32)36-26-24(19-20-25(30)27(26)33-4-2)28(31)35-22-23-17-14-13-15-18-23/h13-15,17-20H,3-12,16,21-22,30H2,1-2H3. The fraction of sp³-hybridized carbons (Fsp3) is 0.517. The number of carbonyl (C=O) groups excluding carboxylic acids is 2. The van der Waals surface area contributed by atoms with E-state index in [2.05, 4.69) is 6.92 Å². The van der Waals surface area contributed by atoms with Gasteiger partial charge in [-0.1, -0.05) is 95.0 Å². The van der Waals surface area contributed by atoms with Crippen LogP contribution < -0.4 is 15.2 Å². The number of esters is 1. The number of hydrogen-bond acceptors (Lipinski definition) is 7.